The molecule has 0 unspecified atom stereocenters. The number of aryl methyl sites for hydroxylation is 1. The average Bonchev–Trinajstić information content (AvgIpc) is 2.68. The van der Waals surface area contributed by atoms with Gasteiger partial charge in [0, 0.05) is 42.6 Å². The Morgan fingerprint density at radius 1 is 1.07 bits per heavy atom. The van der Waals surface area contributed by atoms with E-state index in [9.17, 15) is 8.42 Å². The molecule has 0 aliphatic carbocycles. The second-order valence-corrected chi connectivity index (χ2v) is 9.52. The number of hydrogen-bond acceptors (Lipinski definition) is 6. The van der Waals surface area contributed by atoms with E-state index >= 15 is 0 Å². The first-order chi connectivity index (χ1) is 12.9. The molecule has 2 aliphatic rings. The highest BCUT2D eigenvalue weighted by molar-refractivity contribution is 9.10. The van der Waals surface area contributed by atoms with Crippen LogP contribution in [0.2, 0.25) is 0 Å². The molecule has 0 saturated carbocycles. The highest BCUT2D eigenvalue weighted by Crippen LogP contribution is 2.30. The molecule has 0 N–H and O–H groups in total. The first-order valence-electron chi connectivity index (χ1n) is 8.90. The Bertz CT molecular complexity index is 944. The van der Waals surface area contributed by atoms with E-state index < -0.39 is 10.0 Å². The lowest BCUT2D eigenvalue weighted by atomic mass is 10.1. The maximum Gasteiger partial charge on any atom is 0.243 e. The summed E-state index contributed by atoms with van der Waals surface area (Å²) in [5.74, 6) is 1.57. The molecule has 1 aromatic carbocycles. The number of sulfonamides is 1. The van der Waals surface area contributed by atoms with Gasteiger partial charge >= 0.3 is 0 Å². The highest BCUT2D eigenvalue weighted by Gasteiger charge is 2.32. The summed E-state index contributed by atoms with van der Waals surface area (Å²) in [4.78, 5) is 11.7. The summed E-state index contributed by atoms with van der Waals surface area (Å²) in [6.07, 6.45) is 0.589. The molecule has 0 atom stereocenters. The first kappa shape index (κ1) is 18.8. The van der Waals surface area contributed by atoms with E-state index in [0.717, 1.165) is 40.5 Å². The van der Waals surface area contributed by atoms with Crippen molar-refractivity contribution in [3.05, 3.63) is 45.8 Å². The lowest BCUT2D eigenvalue weighted by molar-refractivity contribution is 0.122. The molecule has 144 valence electrons. The first-order valence-corrected chi connectivity index (χ1v) is 11.1. The predicted octanol–water partition coefficient (Wildman–Crippen LogP) is 2.13. The number of benzene rings is 1. The van der Waals surface area contributed by atoms with E-state index in [1.165, 1.54) is 4.31 Å². The second kappa shape index (κ2) is 7.46. The Morgan fingerprint density at radius 2 is 1.78 bits per heavy atom. The Morgan fingerprint density at radius 3 is 2.48 bits per heavy atom. The number of aromatic nitrogens is 2. The standard InChI is InChI=1S/C18H21BrN4O3S/c1-13-20-17-6-7-23(27(24,25)15-4-2-14(19)3-5-15)12-16(17)18(21-13)22-8-10-26-11-9-22/h2-5H,6-12H2,1H3. The minimum atomic E-state index is -3.57. The zero-order chi connectivity index (χ0) is 19.0. The molecule has 1 saturated heterocycles. The number of hydrogen-bond donors (Lipinski definition) is 0. The SMILES string of the molecule is Cc1nc2c(c(N3CCOCC3)n1)CN(S(=O)(=O)c1ccc(Br)cc1)CC2. The molecule has 7 nitrogen and oxygen atoms in total. The van der Waals surface area contributed by atoms with Crippen molar-refractivity contribution in [1.82, 2.24) is 14.3 Å². The van der Waals surface area contributed by atoms with E-state index in [-0.39, 0.29) is 0 Å². The Hall–Kier alpha value is -1.55. The molecule has 9 heteroatoms. The molecule has 0 spiro atoms. The summed E-state index contributed by atoms with van der Waals surface area (Å²) in [6, 6.07) is 6.75. The van der Waals surface area contributed by atoms with Crippen LogP contribution in [0.25, 0.3) is 0 Å². The summed E-state index contributed by atoms with van der Waals surface area (Å²) < 4.78 is 34.0. The molecule has 4 rings (SSSR count). The van der Waals surface area contributed by atoms with Crippen molar-refractivity contribution in [2.24, 2.45) is 0 Å². The Balaban J connectivity index is 1.68. The van der Waals surface area contributed by atoms with Crippen LogP contribution in [0.3, 0.4) is 0 Å². The van der Waals surface area contributed by atoms with Gasteiger partial charge in [0.25, 0.3) is 0 Å². The number of rotatable bonds is 3. The fraction of sp³-hybridized carbons (Fsp3) is 0.444. The quantitative estimate of drug-likeness (QED) is 0.709. The minimum Gasteiger partial charge on any atom is -0.378 e. The summed E-state index contributed by atoms with van der Waals surface area (Å²) >= 11 is 3.35. The van der Waals surface area contributed by atoms with E-state index in [1.807, 2.05) is 6.92 Å². The van der Waals surface area contributed by atoms with Gasteiger partial charge in [0.15, 0.2) is 0 Å². The van der Waals surface area contributed by atoms with Crippen molar-refractivity contribution in [3.63, 3.8) is 0 Å². The fourth-order valence-corrected chi connectivity index (χ4v) is 5.16. The number of nitrogens with zero attached hydrogens (tertiary/aromatic N) is 4. The maximum absolute atomic E-state index is 13.1. The summed E-state index contributed by atoms with van der Waals surface area (Å²) in [5.41, 5.74) is 1.86. The smallest absolute Gasteiger partial charge is 0.243 e. The second-order valence-electron chi connectivity index (χ2n) is 6.66. The molecular weight excluding hydrogens is 432 g/mol. The van der Waals surface area contributed by atoms with Crippen LogP contribution in [-0.4, -0.2) is 55.5 Å². The van der Waals surface area contributed by atoms with Crippen LogP contribution >= 0.6 is 15.9 Å². The van der Waals surface area contributed by atoms with Crippen molar-refractivity contribution in [3.8, 4) is 0 Å². The van der Waals surface area contributed by atoms with Gasteiger partial charge < -0.3 is 9.64 Å². The van der Waals surface area contributed by atoms with Crippen LogP contribution in [0.4, 0.5) is 5.82 Å². The predicted molar refractivity (Wildman–Crippen MR) is 105 cm³/mol. The van der Waals surface area contributed by atoms with Crippen LogP contribution in [0.15, 0.2) is 33.6 Å². The zero-order valence-corrected chi connectivity index (χ0v) is 17.5. The van der Waals surface area contributed by atoms with Crippen LogP contribution < -0.4 is 4.90 Å². The van der Waals surface area contributed by atoms with Crippen molar-refractivity contribution in [2.75, 3.05) is 37.7 Å². The largest absolute Gasteiger partial charge is 0.378 e. The maximum atomic E-state index is 13.1. The number of ether oxygens (including phenoxy) is 1. The third-order valence-corrected chi connectivity index (χ3v) is 7.27. The Kier molecular flexibility index (Phi) is 5.19. The van der Waals surface area contributed by atoms with Gasteiger partial charge in [-0.05, 0) is 31.2 Å². The lowest BCUT2D eigenvalue weighted by Gasteiger charge is -2.34. The third-order valence-electron chi connectivity index (χ3n) is 4.88. The van der Waals surface area contributed by atoms with Crippen LogP contribution in [-0.2, 0) is 27.7 Å². The van der Waals surface area contributed by atoms with Gasteiger partial charge in [0.2, 0.25) is 10.0 Å². The van der Waals surface area contributed by atoms with E-state index in [2.05, 4.69) is 30.8 Å². The van der Waals surface area contributed by atoms with Gasteiger partial charge in [0.05, 0.1) is 23.8 Å². The molecule has 2 aromatic rings. The molecule has 0 radical (unpaired) electrons. The lowest BCUT2D eigenvalue weighted by Crippen LogP contribution is -2.41. The number of anilines is 1. The average molecular weight is 453 g/mol. The van der Waals surface area contributed by atoms with Crippen molar-refractivity contribution >= 4 is 31.8 Å². The highest BCUT2D eigenvalue weighted by atomic mass is 79.9. The third kappa shape index (κ3) is 3.73. The van der Waals surface area contributed by atoms with Gasteiger partial charge in [-0.2, -0.15) is 4.31 Å². The van der Waals surface area contributed by atoms with Gasteiger partial charge in [-0.1, -0.05) is 15.9 Å². The van der Waals surface area contributed by atoms with Crippen molar-refractivity contribution < 1.29 is 13.2 Å². The topological polar surface area (TPSA) is 75.6 Å². The van der Waals surface area contributed by atoms with Gasteiger partial charge in [-0.15, -0.1) is 0 Å². The molecule has 1 fully saturated rings. The van der Waals surface area contributed by atoms with Crippen LogP contribution in [0.1, 0.15) is 17.1 Å². The number of morpholine rings is 1. The van der Waals surface area contributed by atoms with Crippen molar-refractivity contribution in [1.29, 1.82) is 0 Å². The molecule has 3 heterocycles. The molecular formula is C18H21BrN4O3S. The van der Waals surface area contributed by atoms with Crippen molar-refractivity contribution in [2.45, 2.75) is 24.8 Å². The van der Waals surface area contributed by atoms with Gasteiger partial charge in [0.1, 0.15) is 11.6 Å². The molecule has 0 bridgehead atoms. The zero-order valence-electron chi connectivity index (χ0n) is 15.1. The fourth-order valence-electron chi connectivity index (χ4n) is 3.49. The normalized spacial score (nSPS) is 18.4. The van der Waals surface area contributed by atoms with Crippen LogP contribution in [0, 0.1) is 6.92 Å². The van der Waals surface area contributed by atoms with E-state index in [4.69, 9.17) is 4.74 Å². The summed E-state index contributed by atoms with van der Waals surface area (Å²) in [5, 5.41) is 0. The number of fused-ring (bicyclic) bond motifs is 1. The van der Waals surface area contributed by atoms with Crippen LogP contribution in [0.5, 0.6) is 0 Å². The molecule has 0 amide bonds. The summed E-state index contributed by atoms with van der Waals surface area (Å²) in [6.45, 7) is 5.41. The van der Waals surface area contributed by atoms with E-state index in [0.29, 0.717) is 37.6 Å². The van der Waals surface area contributed by atoms with Gasteiger partial charge in [-0.3, -0.25) is 0 Å². The van der Waals surface area contributed by atoms with E-state index in [1.54, 1.807) is 24.3 Å². The Labute approximate surface area is 167 Å². The monoisotopic (exact) mass is 452 g/mol. The molecule has 27 heavy (non-hydrogen) atoms. The minimum absolute atomic E-state index is 0.292. The summed E-state index contributed by atoms with van der Waals surface area (Å²) in [7, 11) is -3.57. The van der Waals surface area contributed by atoms with Gasteiger partial charge in [-0.25, -0.2) is 18.4 Å². The molecule has 1 aromatic heterocycles. The number of halogens is 1. The molecule has 2 aliphatic heterocycles.